The number of ether oxygens (including phenoxy) is 1. The summed E-state index contributed by atoms with van der Waals surface area (Å²) in [6.45, 7) is 0.307. The van der Waals surface area contributed by atoms with Gasteiger partial charge in [-0.2, -0.15) is 0 Å². The van der Waals surface area contributed by atoms with E-state index in [9.17, 15) is 14.4 Å². The summed E-state index contributed by atoms with van der Waals surface area (Å²) in [5.41, 5.74) is 1.48. The fourth-order valence-electron chi connectivity index (χ4n) is 3.44. The average molecular weight is 385 g/mol. The largest absolute Gasteiger partial charge is 0.497 e. The van der Waals surface area contributed by atoms with Gasteiger partial charge in [0.25, 0.3) is 0 Å². The minimum atomic E-state index is -0.458. The number of rotatable bonds is 4. The van der Waals surface area contributed by atoms with E-state index < -0.39 is 5.92 Å². The third-order valence-electron chi connectivity index (χ3n) is 4.86. The van der Waals surface area contributed by atoms with Gasteiger partial charge in [-0.05, 0) is 25.0 Å². The number of carbonyl (C=O) groups excluding carboxylic acids is 3. The van der Waals surface area contributed by atoms with E-state index in [1.54, 1.807) is 24.1 Å². The van der Waals surface area contributed by atoms with Crippen molar-refractivity contribution in [1.82, 2.24) is 4.98 Å². The van der Waals surface area contributed by atoms with E-state index in [0.717, 1.165) is 18.5 Å². The second kappa shape index (κ2) is 7.11. The SMILES string of the molecule is COc1cccc(N2CC(C(=O)Nc3nc4c(s3)C(=O)CCC4)CC2=O)c1. The number of ketones is 1. The second-order valence-electron chi connectivity index (χ2n) is 6.67. The number of thiazole rings is 1. The first kappa shape index (κ1) is 17.7. The van der Waals surface area contributed by atoms with Crippen molar-refractivity contribution < 1.29 is 19.1 Å². The number of Topliss-reactive ketones (excluding diaryl/α,β-unsaturated/α-hetero) is 1. The van der Waals surface area contributed by atoms with Crippen molar-refractivity contribution >= 4 is 39.8 Å². The quantitative estimate of drug-likeness (QED) is 0.874. The van der Waals surface area contributed by atoms with Gasteiger partial charge in [-0.25, -0.2) is 4.98 Å². The summed E-state index contributed by atoms with van der Waals surface area (Å²) < 4.78 is 5.20. The van der Waals surface area contributed by atoms with Crippen LogP contribution in [0.1, 0.15) is 34.6 Å². The molecule has 1 N–H and O–H groups in total. The highest BCUT2D eigenvalue weighted by molar-refractivity contribution is 7.17. The number of aryl methyl sites for hydroxylation is 1. The molecule has 2 aliphatic rings. The summed E-state index contributed by atoms with van der Waals surface area (Å²) >= 11 is 1.23. The van der Waals surface area contributed by atoms with Gasteiger partial charge in [-0.1, -0.05) is 17.4 Å². The van der Waals surface area contributed by atoms with E-state index >= 15 is 0 Å². The lowest BCUT2D eigenvalue weighted by atomic mass is 10.0. The summed E-state index contributed by atoms with van der Waals surface area (Å²) in [5.74, 6) is -0.0506. The van der Waals surface area contributed by atoms with E-state index in [1.807, 2.05) is 12.1 Å². The molecule has 2 aromatic rings. The van der Waals surface area contributed by atoms with Crippen LogP contribution >= 0.6 is 11.3 Å². The Morgan fingerprint density at radius 2 is 2.19 bits per heavy atom. The maximum atomic E-state index is 12.6. The Labute approximate surface area is 160 Å². The molecule has 1 aromatic heterocycles. The van der Waals surface area contributed by atoms with Gasteiger partial charge in [-0.3, -0.25) is 14.4 Å². The predicted molar refractivity (Wildman–Crippen MR) is 101 cm³/mol. The Hall–Kier alpha value is -2.74. The molecular formula is C19H19N3O4S. The van der Waals surface area contributed by atoms with Gasteiger partial charge in [-0.15, -0.1) is 0 Å². The van der Waals surface area contributed by atoms with E-state index in [2.05, 4.69) is 10.3 Å². The Bertz CT molecular complexity index is 923. The summed E-state index contributed by atoms with van der Waals surface area (Å²) in [7, 11) is 1.57. The Kier molecular flexibility index (Phi) is 4.65. The first-order chi connectivity index (χ1) is 13.0. The molecule has 2 heterocycles. The lowest BCUT2D eigenvalue weighted by Crippen LogP contribution is -2.28. The molecule has 1 atom stereocenters. The van der Waals surface area contributed by atoms with Crippen LogP contribution in [0.15, 0.2) is 24.3 Å². The molecule has 140 valence electrons. The van der Waals surface area contributed by atoms with Crippen LogP contribution < -0.4 is 15.0 Å². The standard InChI is InChI=1S/C19H19N3O4S/c1-26-13-5-2-4-12(9-13)22-10-11(8-16(22)24)18(25)21-19-20-14-6-3-7-15(23)17(14)27-19/h2,4-5,9,11H,3,6-8,10H2,1H3,(H,20,21,25). The van der Waals surface area contributed by atoms with Gasteiger partial charge in [0.1, 0.15) is 5.75 Å². The molecule has 27 heavy (non-hydrogen) atoms. The van der Waals surface area contributed by atoms with Gasteiger partial charge in [0.15, 0.2) is 10.9 Å². The van der Waals surface area contributed by atoms with Gasteiger partial charge in [0.2, 0.25) is 11.8 Å². The van der Waals surface area contributed by atoms with Crippen LogP contribution in [-0.4, -0.2) is 36.2 Å². The fraction of sp³-hybridized carbons (Fsp3) is 0.368. The second-order valence-corrected chi connectivity index (χ2v) is 7.67. The Balaban J connectivity index is 1.46. The smallest absolute Gasteiger partial charge is 0.231 e. The first-order valence-electron chi connectivity index (χ1n) is 8.83. The van der Waals surface area contributed by atoms with E-state index in [1.165, 1.54) is 11.3 Å². The van der Waals surface area contributed by atoms with Crippen LogP contribution in [0.4, 0.5) is 10.8 Å². The van der Waals surface area contributed by atoms with Crippen LogP contribution in [0.2, 0.25) is 0 Å². The number of benzene rings is 1. The van der Waals surface area contributed by atoms with Crippen LogP contribution in [-0.2, 0) is 16.0 Å². The van der Waals surface area contributed by atoms with Crippen LogP contribution in [0, 0.1) is 5.92 Å². The first-order valence-corrected chi connectivity index (χ1v) is 9.65. The summed E-state index contributed by atoms with van der Waals surface area (Å²) in [6, 6.07) is 7.21. The molecule has 4 rings (SSSR count). The number of aromatic nitrogens is 1. The van der Waals surface area contributed by atoms with Crippen LogP contribution in [0.5, 0.6) is 5.75 Å². The lowest BCUT2D eigenvalue weighted by molar-refractivity contribution is -0.122. The Morgan fingerprint density at radius 1 is 1.33 bits per heavy atom. The molecule has 8 heteroatoms. The Morgan fingerprint density at radius 3 is 2.96 bits per heavy atom. The molecule has 1 fully saturated rings. The molecule has 1 saturated heterocycles. The molecule has 1 aromatic carbocycles. The number of anilines is 2. The molecule has 0 bridgehead atoms. The highest BCUT2D eigenvalue weighted by Crippen LogP contribution is 2.31. The number of hydrogen-bond acceptors (Lipinski definition) is 6. The van der Waals surface area contributed by atoms with Crippen molar-refractivity contribution in [3.8, 4) is 5.75 Å². The summed E-state index contributed by atoms with van der Waals surface area (Å²) in [4.78, 5) is 43.6. The number of fused-ring (bicyclic) bond motifs is 1. The van der Waals surface area contributed by atoms with Crippen molar-refractivity contribution in [2.45, 2.75) is 25.7 Å². The lowest BCUT2D eigenvalue weighted by Gasteiger charge is -2.17. The van der Waals surface area contributed by atoms with Crippen LogP contribution in [0.3, 0.4) is 0 Å². The molecule has 1 unspecified atom stereocenters. The number of methoxy groups -OCH3 is 1. The maximum absolute atomic E-state index is 12.6. The number of hydrogen-bond donors (Lipinski definition) is 1. The van der Waals surface area contributed by atoms with Crippen molar-refractivity contribution in [2.24, 2.45) is 5.92 Å². The van der Waals surface area contributed by atoms with Crippen molar-refractivity contribution in [3.05, 3.63) is 34.8 Å². The molecule has 2 amide bonds. The summed E-state index contributed by atoms with van der Waals surface area (Å²) in [6.07, 6.45) is 2.25. The van der Waals surface area contributed by atoms with Crippen molar-refractivity contribution in [2.75, 3.05) is 23.9 Å². The monoisotopic (exact) mass is 385 g/mol. The molecular weight excluding hydrogens is 366 g/mol. The zero-order valence-electron chi connectivity index (χ0n) is 14.9. The molecule has 7 nitrogen and oxygen atoms in total. The van der Waals surface area contributed by atoms with Crippen molar-refractivity contribution in [3.63, 3.8) is 0 Å². The predicted octanol–water partition coefficient (Wildman–Crippen LogP) is 2.66. The number of nitrogens with zero attached hydrogens (tertiary/aromatic N) is 2. The van der Waals surface area contributed by atoms with E-state index in [0.29, 0.717) is 34.4 Å². The van der Waals surface area contributed by atoms with Gasteiger partial charge in [0, 0.05) is 31.1 Å². The molecule has 0 saturated carbocycles. The van der Waals surface area contributed by atoms with Crippen LogP contribution in [0.25, 0.3) is 0 Å². The zero-order chi connectivity index (χ0) is 19.0. The van der Waals surface area contributed by atoms with Gasteiger partial charge in [0.05, 0.1) is 23.6 Å². The topological polar surface area (TPSA) is 88.6 Å². The van der Waals surface area contributed by atoms with E-state index in [-0.39, 0.29) is 24.0 Å². The minimum Gasteiger partial charge on any atom is -0.497 e. The summed E-state index contributed by atoms with van der Waals surface area (Å²) in [5, 5.41) is 3.23. The third-order valence-corrected chi connectivity index (χ3v) is 5.91. The normalized spacial score (nSPS) is 19.1. The number of amides is 2. The molecule has 1 aliphatic heterocycles. The third kappa shape index (κ3) is 3.44. The van der Waals surface area contributed by atoms with Gasteiger partial charge < -0.3 is 15.0 Å². The molecule has 0 radical (unpaired) electrons. The maximum Gasteiger partial charge on any atom is 0.231 e. The highest BCUT2D eigenvalue weighted by atomic mass is 32.1. The van der Waals surface area contributed by atoms with Gasteiger partial charge >= 0.3 is 0 Å². The van der Waals surface area contributed by atoms with Crippen molar-refractivity contribution in [1.29, 1.82) is 0 Å². The highest BCUT2D eigenvalue weighted by Gasteiger charge is 2.36. The zero-order valence-corrected chi connectivity index (χ0v) is 15.7. The van der Waals surface area contributed by atoms with E-state index in [4.69, 9.17) is 4.74 Å². The molecule has 1 aliphatic carbocycles. The number of carbonyl (C=O) groups is 3. The average Bonchev–Trinajstić information content (AvgIpc) is 3.26. The minimum absolute atomic E-state index is 0.0921. The fourth-order valence-corrected chi connectivity index (χ4v) is 4.42. The number of nitrogens with one attached hydrogen (secondary N) is 1. The molecule has 0 spiro atoms.